The SMILES string of the molecule is CCc1nc(SCC(=O)c2cc(C)n(-c3cc(C(=O)OC)cc(C(=O)OC)c3)c2C)n[nH]1. The Morgan fingerprint density at radius 3 is 2.19 bits per heavy atom. The number of ether oxygens (including phenoxy) is 2. The van der Waals surface area contributed by atoms with Crippen LogP contribution in [0, 0.1) is 13.8 Å². The molecular weight excluding hydrogens is 432 g/mol. The van der Waals surface area contributed by atoms with Crippen LogP contribution in [0.5, 0.6) is 0 Å². The van der Waals surface area contributed by atoms with E-state index in [0.717, 1.165) is 17.9 Å². The number of nitrogens with one attached hydrogen (secondary N) is 1. The molecule has 0 saturated heterocycles. The monoisotopic (exact) mass is 456 g/mol. The maximum Gasteiger partial charge on any atom is 0.337 e. The van der Waals surface area contributed by atoms with Gasteiger partial charge in [-0.25, -0.2) is 14.6 Å². The molecule has 0 amide bonds. The van der Waals surface area contributed by atoms with Gasteiger partial charge < -0.3 is 14.0 Å². The van der Waals surface area contributed by atoms with Gasteiger partial charge in [0.1, 0.15) is 5.82 Å². The summed E-state index contributed by atoms with van der Waals surface area (Å²) >= 11 is 1.26. The molecule has 9 nitrogen and oxygen atoms in total. The molecule has 3 aromatic rings. The van der Waals surface area contributed by atoms with Crippen LogP contribution in [-0.2, 0) is 15.9 Å². The van der Waals surface area contributed by atoms with Crippen molar-refractivity contribution < 1.29 is 23.9 Å². The van der Waals surface area contributed by atoms with E-state index < -0.39 is 11.9 Å². The summed E-state index contributed by atoms with van der Waals surface area (Å²) in [6.45, 7) is 5.63. The number of thioether (sulfide) groups is 1. The largest absolute Gasteiger partial charge is 0.465 e. The standard InChI is InChI=1S/C22H24N4O5S/c1-6-19-23-22(25-24-19)32-11-18(27)17-7-12(2)26(13(17)3)16-9-14(20(28)30-4)8-15(10-16)21(29)31-5/h7-10H,6,11H2,1-5H3,(H,23,24,25). The second-order valence-electron chi connectivity index (χ2n) is 7.00. The summed E-state index contributed by atoms with van der Waals surface area (Å²) < 4.78 is 11.4. The van der Waals surface area contributed by atoms with Crippen LogP contribution in [0.4, 0.5) is 0 Å². The molecule has 0 aliphatic rings. The maximum absolute atomic E-state index is 12.9. The van der Waals surface area contributed by atoms with E-state index >= 15 is 0 Å². The minimum Gasteiger partial charge on any atom is -0.465 e. The van der Waals surface area contributed by atoms with E-state index in [0.29, 0.717) is 22.1 Å². The van der Waals surface area contributed by atoms with Gasteiger partial charge >= 0.3 is 11.9 Å². The Labute approximate surface area is 189 Å². The minimum atomic E-state index is -0.579. The molecule has 2 aromatic heterocycles. The van der Waals surface area contributed by atoms with E-state index in [1.165, 1.54) is 32.0 Å². The van der Waals surface area contributed by atoms with Crippen molar-refractivity contribution in [2.24, 2.45) is 0 Å². The molecule has 1 N–H and O–H groups in total. The van der Waals surface area contributed by atoms with Crippen molar-refractivity contribution in [1.29, 1.82) is 0 Å². The zero-order valence-corrected chi connectivity index (χ0v) is 19.3. The first-order valence-electron chi connectivity index (χ1n) is 9.87. The molecule has 0 spiro atoms. The highest BCUT2D eigenvalue weighted by atomic mass is 32.2. The molecule has 3 rings (SSSR count). The Morgan fingerprint density at radius 1 is 1.03 bits per heavy atom. The van der Waals surface area contributed by atoms with Crippen LogP contribution in [0.1, 0.15) is 55.2 Å². The molecule has 10 heteroatoms. The van der Waals surface area contributed by atoms with E-state index in [2.05, 4.69) is 15.2 Å². The number of nitrogens with zero attached hydrogens (tertiary/aromatic N) is 3. The van der Waals surface area contributed by atoms with Crippen molar-refractivity contribution in [3.63, 3.8) is 0 Å². The highest BCUT2D eigenvalue weighted by molar-refractivity contribution is 7.99. The van der Waals surface area contributed by atoms with E-state index in [1.807, 2.05) is 25.3 Å². The topological polar surface area (TPSA) is 116 Å². The van der Waals surface area contributed by atoms with Crippen molar-refractivity contribution in [3.8, 4) is 5.69 Å². The molecular formula is C22H24N4O5S. The number of aromatic nitrogens is 4. The van der Waals surface area contributed by atoms with Crippen LogP contribution in [0.2, 0.25) is 0 Å². The molecule has 0 bridgehead atoms. The molecule has 0 atom stereocenters. The van der Waals surface area contributed by atoms with Gasteiger partial charge in [0.2, 0.25) is 5.16 Å². The number of aromatic amines is 1. The third-order valence-corrected chi connectivity index (χ3v) is 5.78. The van der Waals surface area contributed by atoms with E-state index in [9.17, 15) is 14.4 Å². The summed E-state index contributed by atoms with van der Waals surface area (Å²) in [7, 11) is 2.54. The number of benzene rings is 1. The third-order valence-electron chi connectivity index (χ3n) is 4.93. The van der Waals surface area contributed by atoms with Crippen molar-refractivity contribution in [1.82, 2.24) is 19.7 Å². The average molecular weight is 457 g/mol. The zero-order valence-electron chi connectivity index (χ0n) is 18.5. The number of hydrogen-bond acceptors (Lipinski definition) is 8. The number of rotatable bonds is 8. The summed E-state index contributed by atoms with van der Waals surface area (Å²) in [5, 5.41) is 7.45. The quantitative estimate of drug-likeness (QED) is 0.312. The molecule has 0 aliphatic heterocycles. The molecule has 0 unspecified atom stereocenters. The van der Waals surface area contributed by atoms with Crippen LogP contribution < -0.4 is 0 Å². The number of Topliss-reactive ketones (excluding diaryl/α,β-unsaturated/α-hetero) is 1. The lowest BCUT2D eigenvalue weighted by molar-refractivity contribution is 0.0599. The summed E-state index contributed by atoms with van der Waals surface area (Å²) in [5.74, 6) is -0.282. The number of carbonyl (C=O) groups excluding carboxylic acids is 3. The summed E-state index contributed by atoms with van der Waals surface area (Å²) in [4.78, 5) is 41.5. The number of esters is 2. The third kappa shape index (κ3) is 4.75. The predicted octanol–water partition coefficient (Wildman–Crippen LogP) is 3.32. The Morgan fingerprint density at radius 2 is 1.66 bits per heavy atom. The molecule has 168 valence electrons. The minimum absolute atomic E-state index is 0.0745. The van der Waals surface area contributed by atoms with Crippen molar-refractivity contribution in [2.75, 3.05) is 20.0 Å². The Hall–Kier alpha value is -3.40. The zero-order chi connectivity index (χ0) is 23.4. The summed E-state index contributed by atoms with van der Waals surface area (Å²) in [6, 6.07) is 6.43. The van der Waals surface area contributed by atoms with E-state index in [-0.39, 0.29) is 22.7 Å². The van der Waals surface area contributed by atoms with Crippen molar-refractivity contribution in [2.45, 2.75) is 32.3 Å². The molecule has 0 radical (unpaired) electrons. The molecule has 0 saturated carbocycles. The summed E-state index contributed by atoms with van der Waals surface area (Å²) in [6.07, 6.45) is 0.737. The van der Waals surface area contributed by atoms with Gasteiger partial charge in [0, 0.05) is 29.1 Å². The van der Waals surface area contributed by atoms with Crippen LogP contribution in [0.15, 0.2) is 29.4 Å². The smallest absolute Gasteiger partial charge is 0.337 e. The second kappa shape index (κ2) is 9.82. The van der Waals surface area contributed by atoms with Gasteiger partial charge in [0.05, 0.1) is 31.1 Å². The fourth-order valence-corrected chi connectivity index (χ4v) is 4.06. The van der Waals surface area contributed by atoms with Crippen LogP contribution in [-0.4, -0.2) is 57.4 Å². The van der Waals surface area contributed by atoms with Gasteiger partial charge in [-0.15, -0.1) is 5.10 Å². The highest BCUT2D eigenvalue weighted by Crippen LogP contribution is 2.25. The fraction of sp³-hybridized carbons (Fsp3) is 0.318. The summed E-state index contributed by atoms with van der Waals surface area (Å²) in [5.41, 5.74) is 2.98. The number of hydrogen-bond donors (Lipinski definition) is 1. The Balaban J connectivity index is 1.95. The van der Waals surface area contributed by atoms with Gasteiger partial charge in [-0.05, 0) is 38.1 Å². The first-order chi connectivity index (χ1) is 15.3. The lowest BCUT2D eigenvalue weighted by Crippen LogP contribution is -2.10. The second-order valence-corrected chi connectivity index (χ2v) is 7.94. The van der Waals surface area contributed by atoms with Gasteiger partial charge in [-0.3, -0.25) is 9.89 Å². The van der Waals surface area contributed by atoms with Crippen molar-refractivity contribution in [3.05, 3.63) is 58.2 Å². The van der Waals surface area contributed by atoms with Crippen LogP contribution >= 0.6 is 11.8 Å². The number of H-pyrrole nitrogens is 1. The molecule has 2 heterocycles. The molecule has 0 aliphatic carbocycles. The molecule has 1 aromatic carbocycles. The highest BCUT2D eigenvalue weighted by Gasteiger charge is 2.20. The van der Waals surface area contributed by atoms with Gasteiger partial charge in [-0.1, -0.05) is 18.7 Å². The fourth-order valence-electron chi connectivity index (χ4n) is 3.36. The number of carbonyl (C=O) groups is 3. The van der Waals surface area contributed by atoms with Crippen molar-refractivity contribution >= 4 is 29.5 Å². The molecule has 0 fully saturated rings. The number of ketones is 1. The van der Waals surface area contributed by atoms with E-state index in [1.54, 1.807) is 18.2 Å². The van der Waals surface area contributed by atoms with Gasteiger partial charge in [-0.2, -0.15) is 0 Å². The normalized spacial score (nSPS) is 10.8. The average Bonchev–Trinajstić information content (AvgIpc) is 3.39. The Kier molecular flexibility index (Phi) is 7.14. The first kappa shape index (κ1) is 23.3. The number of methoxy groups -OCH3 is 2. The maximum atomic E-state index is 12.9. The van der Waals surface area contributed by atoms with Crippen LogP contribution in [0.3, 0.4) is 0 Å². The lowest BCUT2D eigenvalue weighted by atomic mass is 10.1. The predicted molar refractivity (Wildman–Crippen MR) is 119 cm³/mol. The van der Waals surface area contributed by atoms with Gasteiger partial charge in [0.15, 0.2) is 5.78 Å². The van der Waals surface area contributed by atoms with E-state index in [4.69, 9.17) is 9.47 Å². The molecule has 32 heavy (non-hydrogen) atoms. The van der Waals surface area contributed by atoms with Gasteiger partial charge in [0.25, 0.3) is 0 Å². The van der Waals surface area contributed by atoms with Crippen LogP contribution in [0.25, 0.3) is 5.69 Å². The number of aryl methyl sites for hydroxylation is 2. The Bertz CT molecular complexity index is 1150. The first-order valence-corrected chi connectivity index (χ1v) is 10.9. The lowest BCUT2D eigenvalue weighted by Gasteiger charge is -2.13.